The van der Waals surface area contributed by atoms with Crippen molar-refractivity contribution in [1.29, 1.82) is 0 Å². The first-order valence-electron chi connectivity index (χ1n) is 6.98. The van der Waals surface area contributed by atoms with E-state index in [0.717, 1.165) is 6.42 Å². The van der Waals surface area contributed by atoms with Crippen LogP contribution in [0.5, 0.6) is 0 Å². The monoisotopic (exact) mass is 330 g/mol. The summed E-state index contributed by atoms with van der Waals surface area (Å²) in [5.41, 5.74) is 0.618. The molecule has 0 radical (unpaired) electrons. The van der Waals surface area contributed by atoms with Crippen molar-refractivity contribution in [3.63, 3.8) is 0 Å². The zero-order chi connectivity index (χ0) is 16.3. The van der Waals surface area contributed by atoms with Gasteiger partial charge in [0.15, 0.2) is 5.11 Å². The molecule has 0 fully saturated rings. The van der Waals surface area contributed by atoms with E-state index in [4.69, 9.17) is 23.8 Å². The van der Waals surface area contributed by atoms with E-state index in [9.17, 15) is 4.39 Å². The average Bonchev–Trinajstić information content (AvgIpc) is 2.23. The maximum Gasteiger partial charge on any atom is 0.166 e. The van der Waals surface area contributed by atoms with Gasteiger partial charge in [-0.1, -0.05) is 38.4 Å². The Labute approximate surface area is 137 Å². The van der Waals surface area contributed by atoms with Crippen LogP contribution in [0.25, 0.3) is 0 Å². The molecule has 0 atom stereocenters. The number of hydrogen-bond donors (Lipinski definition) is 2. The molecule has 0 saturated carbocycles. The third kappa shape index (κ3) is 7.09. The van der Waals surface area contributed by atoms with Crippen molar-refractivity contribution in [3.8, 4) is 0 Å². The van der Waals surface area contributed by atoms with Crippen molar-refractivity contribution in [3.05, 3.63) is 34.6 Å². The lowest BCUT2D eigenvalue weighted by molar-refractivity contribution is 0.266. The summed E-state index contributed by atoms with van der Waals surface area (Å²) in [7, 11) is 0. The average molecular weight is 331 g/mol. The van der Waals surface area contributed by atoms with E-state index in [0.29, 0.717) is 22.2 Å². The Bertz CT molecular complexity index is 509. The summed E-state index contributed by atoms with van der Waals surface area (Å²) >= 11 is 11.0. The SMILES string of the molecule is CC(C)(C)CC(C)(C)NC(=S)NCc1ccc(Cl)cc1F. The largest absolute Gasteiger partial charge is 0.359 e. The number of rotatable bonds is 4. The van der Waals surface area contributed by atoms with Crippen molar-refractivity contribution in [2.75, 3.05) is 0 Å². The molecule has 0 aliphatic carbocycles. The van der Waals surface area contributed by atoms with Crippen LogP contribution in [0.15, 0.2) is 18.2 Å². The minimum Gasteiger partial charge on any atom is -0.359 e. The minimum absolute atomic E-state index is 0.124. The second-order valence-corrected chi connectivity index (χ2v) is 8.01. The molecule has 0 aliphatic heterocycles. The van der Waals surface area contributed by atoms with Crippen LogP contribution in [0.4, 0.5) is 4.39 Å². The predicted octanol–water partition coefficient (Wildman–Crippen LogP) is 4.66. The Morgan fingerprint density at radius 2 is 1.86 bits per heavy atom. The highest BCUT2D eigenvalue weighted by Gasteiger charge is 2.25. The summed E-state index contributed by atoms with van der Waals surface area (Å²) in [5.74, 6) is -0.327. The third-order valence-corrected chi connectivity index (χ3v) is 3.36. The van der Waals surface area contributed by atoms with Gasteiger partial charge in [-0.3, -0.25) is 0 Å². The summed E-state index contributed by atoms with van der Waals surface area (Å²) in [6.07, 6.45) is 0.969. The molecule has 5 heteroatoms. The Morgan fingerprint density at radius 1 is 1.24 bits per heavy atom. The fraction of sp³-hybridized carbons (Fsp3) is 0.562. The molecule has 1 aromatic rings. The van der Waals surface area contributed by atoms with Gasteiger partial charge in [0, 0.05) is 22.7 Å². The van der Waals surface area contributed by atoms with Gasteiger partial charge in [-0.2, -0.15) is 0 Å². The summed E-state index contributed by atoms with van der Waals surface area (Å²) in [6.45, 7) is 11.1. The number of nitrogens with one attached hydrogen (secondary N) is 2. The topological polar surface area (TPSA) is 24.1 Å². The van der Waals surface area contributed by atoms with Gasteiger partial charge < -0.3 is 10.6 Å². The van der Waals surface area contributed by atoms with Gasteiger partial charge in [-0.15, -0.1) is 0 Å². The van der Waals surface area contributed by atoms with Crippen LogP contribution in [0.2, 0.25) is 5.02 Å². The highest BCUT2D eigenvalue weighted by Crippen LogP contribution is 2.26. The van der Waals surface area contributed by atoms with E-state index in [1.165, 1.54) is 6.07 Å². The van der Waals surface area contributed by atoms with E-state index in [-0.39, 0.29) is 16.8 Å². The first-order chi connectivity index (χ1) is 9.48. The number of halogens is 2. The number of hydrogen-bond acceptors (Lipinski definition) is 1. The molecular formula is C16H24ClFN2S. The second kappa shape index (κ2) is 6.93. The lowest BCUT2D eigenvalue weighted by Crippen LogP contribution is -2.49. The first kappa shape index (κ1) is 18.2. The molecule has 1 aromatic carbocycles. The molecule has 0 amide bonds. The molecule has 0 bridgehead atoms. The quantitative estimate of drug-likeness (QED) is 0.785. The lowest BCUT2D eigenvalue weighted by Gasteiger charge is -2.34. The van der Waals surface area contributed by atoms with Crippen LogP contribution < -0.4 is 10.6 Å². The van der Waals surface area contributed by atoms with Gasteiger partial charge in [0.1, 0.15) is 5.82 Å². The van der Waals surface area contributed by atoms with Crippen molar-refractivity contribution in [2.24, 2.45) is 5.41 Å². The van der Waals surface area contributed by atoms with E-state index >= 15 is 0 Å². The second-order valence-electron chi connectivity index (χ2n) is 7.16. The van der Waals surface area contributed by atoms with Gasteiger partial charge in [0.25, 0.3) is 0 Å². The number of benzene rings is 1. The maximum atomic E-state index is 13.7. The van der Waals surface area contributed by atoms with Crippen LogP contribution in [0.1, 0.15) is 46.6 Å². The van der Waals surface area contributed by atoms with Crippen molar-refractivity contribution in [2.45, 2.75) is 53.1 Å². The van der Waals surface area contributed by atoms with Crippen molar-refractivity contribution >= 4 is 28.9 Å². The van der Waals surface area contributed by atoms with Gasteiger partial charge >= 0.3 is 0 Å². The Morgan fingerprint density at radius 3 is 2.38 bits per heavy atom. The molecule has 0 unspecified atom stereocenters. The molecule has 0 heterocycles. The van der Waals surface area contributed by atoms with Crippen LogP contribution >= 0.6 is 23.8 Å². The molecule has 21 heavy (non-hydrogen) atoms. The van der Waals surface area contributed by atoms with Crippen LogP contribution in [-0.2, 0) is 6.54 Å². The molecule has 2 nitrogen and oxygen atoms in total. The lowest BCUT2D eigenvalue weighted by atomic mass is 9.82. The van der Waals surface area contributed by atoms with Crippen LogP contribution in [0, 0.1) is 11.2 Å². The molecule has 1 rings (SSSR count). The molecule has 118 valence electrons. The van der Waals surface area contributed by atoms with E-state index < -0.39 is 0 Å². The molecule has 0 aliphatic rings. The summed E-state index contributed by atoms with van der Waals surface area (Å²) < 4.78 is 13.7. The van der Waals surface area contributed by atoms with Crippen molar-refractivity contribution in [1.82, 2.24) is 10.6 Å². The molecule has 0 aromatic heterocycles. The summed E-state index contributed by atoms with van der Waals surface area (Å²) in [6, 6.07) is 4.63. The third-order valence-electron chi connectivity index (χ3n) is 2.88. The van der Waals surface area contributed by atoms with Crippen LogP contribution in [-0.4, -0.2) is 10.7 Å². The molecule has 0 spiro atoms. The van der Waals surface area contributed by atoms with E-state index in [1.807, 2.05) is 0 Å². The van der Waals surface area contributed by atoms with E-state index in [2.05, 4.69) is 45.3 Å². The zero-order valence-electron chi connectivity index (χ0n) is 13.3. The van der Waals surface area contributed by atoms with Crippen LogP contribution in [0.3, 0.4) is 0 Å². The fourth-order valence-electron chi connectivity index (χ4n) is 2.56. The zero-order valence-corrected chi connectivity index (χ0v) is 14.9. The van der Waals surface area contributed by atoms with Gasteiger partial charge in [0.05, 0.1) is 0 Å². The van der Waals surface area contributed by atoms with Crippen molar-refractivity contribution < 1.29 is 4.39 Å². The standard InChI is InChI=1S/C16H24ClFN2S/c1-15(2,3)10-16(4,5)20-14(21)19-9-11-6-7-12(17)8-13(11)18/h6-8H,9-10H2,1-5H3,(H2,19,20,21). The molecule has 0 saturated heterocycles. The highest BCUT2D eigenvalue weighted by molar-refractivity contribution is 7.80. The first-order valence-corrected chi connectivity index (χ1v) is 7.77. The van der Waals surface area contributed by atoms with Gasteiger partial charge in [-0.25, -0.2) is 4.39 Å². The Balaban J connectivity index is 2.54. The number of thiocarbonyl (C=S) groups is 1. The highest BCUT2D eigenvalue weighted by atomic mass is 35.5. The molecular weight excluding hydrogens is 307 g/mol. The molecule has 2 N–H and O–H groups in total. The Hall–Kier alpha value is -0.870. The normalized spacial score (nSPS) is 12.1. The predicted molar refractivity (Wildman–Crippen MR) is 92.1 cm³/mol. The minimum atomic E-state index is -0.327. The maximum absolute atomic E-state index is 13.7. The Kier molecular flexibility index (Phi) is 6.00. The smallest absolute Gasteiger partial charge is 0.166 e. The van der Waals surface area contributed by atoms with Gasteiger partial charge in [0.2, 0.25) is 0 Å². The van der Waals surface area contributed by atoms with Gasteiger partial charge in [-0.05, 0) is 50.0 Å². The summed E-state index contributed by atoms with van der Waals surface area (Å²) in [5, 5.41) is 7.24. The summed E-state index contributed by atoms with van der Waals surface area (Å²) in [4.78, 5) is 0. The fourth-order valence-corrected chi connectivity index (χ4v) is 3.07. The van der Waals surface area contributed by atoms with E-state index in [1.54, 1.807) is 12.1 Å².